The molecule has 158 valence electrons. The number of piperidine rings is 2. The number of aromatic nitrogens is 2. The first-order valence-corrected chi connectivity index (χ1v) is 11.7. The van der Waals surface area contributed by atoms with Crippen LogP contribution in [0.15, 0.2) is 24.3 Å². The molecule has 1 aromatic carbocycles. The fraction of sp³-hybridized carbons (Fsp3) is 0.600. The van der Waals surface area contributed by atoms with Gasteiger partial charge in [0, 0.05) is 32.1 Å². The summed E-state index contributed by atoms with van der Waals surface area (Å²) < 4.78 is 34.4. The molecule has 0 radical (unpaired) electrons. The molecular weight excluding hydrogens is 392 g/mol. The van der Waals surface area contributed by atoms with Crippen LogP contribution in [0.1, 0.15) is 44.3 Å². The van der Waals surface area contributed by atoms with Gasteiger partial charge in [0.25, 0.3) is 10.2 Å². The molecule has 2 saturated heterocycles. The number of ether oxygens (including phenoxy) is 1. The average Bonchev–Trinajstić information content (AvgIpc) is 3.18. The minimum atomic E-state index is -3.57. The predicted molar refractivity (Wildman–Crippen MR) is 109 cm³/mol. The molecule has 3 heterocycles. The standard InChI is InChI=1S/C20H28N4O4S/c1-2-28-20(25)16-6-5-11-24(14-16)29(26,27)23-12-9-15(10-13-23)19-21-17-7-3-4-8-18(17)22-19/h3-4,7-8,15-16H,2,5-6,9-14H2,1H3,(H,21,22)/t16-/m0/s1. The van der Waals surface area contributed by atoms with Gasteiger partial charge in [-0.1, -0.05) is 12.1 Å². The van der Waals surface area contributed by atoms with E-state index in [9.17, 15) is 13.2 Å². The summed E-state index contributed by atoms with van der Waals surface area (Å²) in [6.45, 7) is 3.68. The number of hydrogen-bond acceptors (Lipinski definition) is 5. The second kappa shape index (κ2) is 8.41. The quantitative estimate of drug-likeness (QED) is 0.749. The zero-order valence-corrected chi connectivity index (χ0v) is 17.5. The van der Waals surface area contributed by atoms with Crippen LogP contribution in [0.4, 0.5) is 0 Å². The van der Waals surface area contributed by atoms with E-state index in [4.69, 9.17) is 4.74 Å². The number of H-pyrrole nitrogens is 1. The predicted octanol–water partition coefficient (Wildman–Crippen LogP) is 2.26. The number of para-hydroxylation sites is 2. The maximum Gasteiger partial charge on any atom is 0.310 e. The van der Waals surface area contributed by atoms with Crippen molar-refractivity contribution >= 4 is 27.2 Å². The van der Waals surface area contributed by atoms with Crippen LogP contribution in [0.3, 0.4) is 0 Å². The molecule has 0 aliphatic carbocycles. The molecule has 1 N–H and O–H groups in total. The number of hydrogen-bond donors (Lipinski definition) is 1. The highest BCUT2D eigenvalue weighted by atomic mass is 32.2. The smallest absolute Gasteiger partial charge is 0.310 e. The van der Waals surface area contributed by atoms with E-state index in [2.05, 4.69) is 9.97 Å². The number of imidazole rings is 1. The Hall–Kier alpha value is -1.97. The fourth-order valence-electron chi connectivity index (χ4n) is 4.29. The summed E-state index contributed by atoms with van der Waals surface area (Å²) in [4.78, 5) is 20.1. The van der Waals surface area contributed by atoms with Gasteiger partial charge in [0.2, 0.25) is 0 Å². The maximum atomic E-state index is 13.1. The third-order valence-corrected chi connectivity index (χ3v) is 7.91. The summed E-state index contributed by atoms with van der Waals surface area (Å²) in [7, 11) is -3.57. The Balaban J connectivity index is 1.39. The Kier molecular flexibility index (Phi) is 5.89. The number of fused-ring (bicyclic) bond motifs is 1. The minimum absolute atomic E-state index is 0.213. The molecule has 8 nitrogen and oxygen atoms in total. The van der Waals surface area contributed by atoms with E-state index in [0.717, 1.165) is 29.7 Å². The molecular formula is C20H28N4O4S. The second-order valence-electron chi connectivity index (χ2n) is 7.77. The van der Waals surface area contributed by atoms with Crippen molar-refractivity contribution in [2.45, 2.75) is 38.5 Å². The van der Waals surface area contributed by atoms with Gasteiger partial charge in [0.1, 0.15) is 5.82 Å². The summed E-state index contributed by atoms with van der Waals surface area (Å²) in [5.41, 5.74) is 1.95. The lowest BCUT2D eigenvalue weighted by Crippen LogP contribution is -2.51. The third-order valence-electron chi connectivity index (χ3n) is 5.90. The summed E-state index contributed by atoms with van der Waals surface area (Å²) in [5, 5.41) is 0. The van der Waals surface area contributed by atoms with E-state index >= 15 is 0 Å². The van der Waals surface area contributed by atoms with Crippen molar-refractivity contribution in [2.24, 2.45) is 5.92 Å². The maximum absolute atomic E-state index is 13.1. The van der Waals surface area contributed by atoms with E-state index in [0.29, 0.717) is 39.1 Å². The minimum Gasteiger partial charge on any atom is -0.466 e. The van der Waals surface area contributed by atoms with Crippen molar-refractivity contribution in [3.63, 3.8) is 0 Å². The van der Waals surface area contributed by atoms with Crippen molar-refractivity contribution in [1.82, 2.24) is 18.6 Å². The topological polar surface area (TPSA) is 95.6 Å². The molecule has 1 aromatic heterocycles. The van der Waals surface area contributed by atoms with Crippen LogP contribution in [0.5, 0.6) is 0 Å². The van der Waals surface area contributed by atoms with Gasteiger partial charge in [-0.05, 0) is 44.7 Å². The molecule has 0 bridgehead atoms. The Labute approximate surface area is 171 Å². The third kappa shape index (κ3) is 4.17. The van der Waals surface area contributed by atoms with E-state index in [1.165, 1.54) is 4.31 Å². The second-order valence-corrected chi connectivity index (χ2v) is 9.70. The molecule has 2 aliphatic rings. The number of benzene rings is 1. The first kappa shape index (κ1) is 20.3. The molecule has 0 unspecified atom stereocenters. The van der Waals surface area contributed by atoms with E-state index < -0.39 is 10.2 Å². The van der Waals surface area contributed by atoms with Crippen molar-refractivity contribution in [2.75, 3.05) is 32.8 Å². The molecule has 0 saturated carbocycles. The van der Waals surface area contributed by atoms with Crippen molar-refractivity contribution < 1.29 is 17.9 Å². The van der Waals surface area contributed by atoms with E-state index in [-0.39, 0.29) is 24.3 Å². The van der Waals surface area contributed by atoms with Gasteiger partial charge in [0.05, 0.1) is 23.6 Å². The highest BCUT2D eigenvalue weighted by Gasteiger charge is 2.38. The number of aromatic amines is 1. The lowest BCUT2D eigenvalue weighted by Gasteiger charge is -2.37. The Morgan fingerprint density at radius 3 is 2.66 bits per heavy atom. The van der Waals surface area contributed by atoms with Gasteiger partial charge in [-0.15, -0.1) is 0 Å². The summed E-state index contributed by atoms with van der Waals surface area (Å²) in [5.74, 6) is 0.494. The highest BCUT2D eigenvalue weighted by Crippen LogP contribution is 2.30. The Morgan fingerprint density at radius 2 is 1.93 bits per heavy atom. The fourth-order valence-corrected chi connectivity index (χ4v) is 6.02. The monoisotopic (exact) mass is 420 g/mol. The lowest BCUT2D eigenvalue weighted by atomic mass is 9.97. The molecule has 4 rings (SSSR count). The number of carbonyl (C=O) groups is 1. The zero-order valence-electron chi connectivity index (χ0n) is 16.7. The van der Waals surface area contributed by atoms with Crippen LogP contribution in [-0.2, 0) is 19.7 Å². The van der Waals surface area contributed by atoms with Gasteiger partial charge in [-0.25, -0.2) is 4.98 Å². The van der Waals surface area contributed by atoms with Crippen LogP contribution in [0, 0.1) is 5.92 Å². The number of esters is 1. The molecule has 2 aliphatic heterocycles. The van der Waals surface area contributed by atoms with Crippen molar-refractivity contribution in [3.8, 4) is 0 Å². The van der Waals surface area contributed by atoms with Crippen molar-refractivity contribution in [1.29, 1.82) is 0 Å². The molecule has 9 heteroatoms. The van der Waals surface area contributed by atoms with Crippen LogP contribution in [0.2, 0.25) is 0 Å². The Morgan fingerprint density at radius 1 is 1.17 bits per heavy atom. The SMILES string of the molecule is CCOC(=O)[C@H]1CCCN(S(=O)(=O)N2CCC(c3nc4ccccc4[nH]3)CC2)C1. The van der Waals surface area contributed by atoms with E-state index in [1.54, 1.807) is 11.2 Å². The zero-order chi connectivity index (χ0) is 20.4. The Bertz CT molecular complexity index is 933. The van der Waals surface area contributed by atoms with Crippen LogP contribution < -0.4 is 0 Å². The molecule has 29 heavy (non-hydrogen) atoms. The van der Waals surface area contributed by atoms with Crippen molar-refractivity contribution in [3.05, 3.63) is 30.1 Å². The first-order chi connectivity index (χ1) is 14.0. The molecule has 2 aromatic rings. The molecule has 0 spiro atoms. The number of nitrogens with one attached hydrogen (secondary N) is 1. The molecule has 0 amide bonds. The van der Waals surface area contributed by atoms with Crippen LogP contribution in [-0.4, -0.2) is 65.8 Å². The summed E-state index contributed by atoms with van der Waals surface area (Å²) in [6, 6.07) is 7.92. The molecule has 2 fully saturated rings. The largest absolute Gasteiger partial charge is 0.466 e. The van der Waals surface area contributed by atoms with Crippen LogP contribution in [0.25, 0.3) is 11.0 Å². The van der Waals surface area contributed by atoms with Gasteiger partial charge >= 0.3 is 5.97 Å². The van der Waals surface area contributed by atoms with Gasteiger partial charge in [-0.2, -0.15) is 17.0 Å². The summed E-state index contributed by atoms with van der Waals surface area (Å²) in [6.07, 6.45) is 2.82. The van der Waals surface area contributed by atoms with Gasteiger partial charge in [0.15, 0.2) is 0 Å². The van der Waals surface area contributed by atoms with E-state index in [1.807, 2.05) is 24.3 Å². The lowest BCUT2D eigenvalue weighted by molar-refractivity contribution is -0.149. The number of carbonyl (C=O) groups excluding carboxylic acids is 1. The molecule has 1 atom stereocenters. The number of rotatable bonds is 5. The average molecular weight is 421 g/mol. The highest BCUT2D eigenvalue weighted by molar-refractivity contribution is 7.86. The van der Waals surface area contributed by atoms with Crippen LogP contribution >= 0.6 is 0 Å². The summed E-state index contributed by atoms with van der Waals surface area (Å²) >= 11 is 0. The number of nitrogens with zero attached hydrogens (tertiary/aromatic N) is 3. The van der Waals surface area contributed by atoms with Gasteiger partial charge in [-0.3, -0.25) is 4.79 Å². The normalized spacial score (nSPS) is 22.7. The first-order valence-electron chi connectivity index (χ1n) is 10.4. The van der Waals surface area contributed by atoms with Gasteiger partial charge < -0.3 is 9.72 Å².